The van der Waals surface area contributed by atoms with Gasteiger partial charge in [0.1, 0.15) is 0 Å². The fourth-order valence-electron chi connectivity index (χ4n) is 6.57. The van der Waals surface area contributed by atoms with E-state index >= 15 is 0 Å². The van der Waals surface area contributed by atoms with Crippen LogP contribution in [-0.4, -0.2) is 15.0 Å². The van der Waals surface area contributed by atoms with Gasteiger partial charge in [0, 0.05) is 16.7 Å². The summed E-state index contributed by atoms with van der Waals surface area (Å²) in [6.07, 6.45) is 0. The van der Waals surface area contributed by atoms with Crippen molar-refractivity contribution in [1.29, 1.82) is 0 Å². The van der Waals surface area contributed by atoms with Gasteiger partial charge in [-0.1, -0.05) is 152 Å². The van der Waals surface area contributed by atoms with E-state index in [1.807, 2.05) is 6.07 Å². The molecule has 8 aromatic carbocycles. The molecule has 0 aliphatic heterocycles. The summed E-state index contributed by atoms with van der Waals surface area (Å²) in [4.78, 5) is 15.4. The quantitative estimate of drug-likeness (QED) is 0.194. The van der Waals surface area contributed by atoms with Crippen LogP contribution in [0.25, 0.3) is 88.7 Å². The average molecular weight is 612 g/mol. The molecule has 0 radical (unpaired) electrons. The number of nitrogens with zero attached hydrogens (tertiary/aromatic N) is 3. The molecule has 9 aromatic rings. The Hall–Kier alpha value is -6.45. The van der Waals surface area contributed by atoms with Crippen molar-refractivity contribution < 1.29 is 0 Å². The van der Waals surface area contributed by atoms with Crippen LogP contribution < -0.4 is 0 Å². The van der Waals surface area contributed by atoms with Gasteiger partial charge in [-0.3, -0.25) is 0 Å². The van der Waals surface area contributed by atoms with E-state index in [1.165, 1.54) is 27.3 Å². The number of hydrogen-bond donors (Lipinski definition) is 0. The summed E-state index contributed by atoms with van der Waals surface area (Å²) in [5.41, 5.74) is 7.54. The summed E-state index contributed by atoms with van der Waals surface area (Å²) in [7, 11) is 0. The van der Waals surface area contributed by atoms with Gasteiger partial charge in [-0.2, -0.15) is 0 Å². The first-order valence-electron chi connectivity index (χ1n) is 16.2. The predicted octanol–water partition coefficient (Wildman–Crippen LogP) is 11.7. The third-order valence-electron chi connectivity index (χ3n) is 9.07. The average Bonchev–Trinajstić information content (AvgIpc) is 3.17. The van der Waals surface area contributed by atoms with Crippen LogP contribution in [0.15, 0.2) is 176 Å². The largest absolute Gasteiger partial charge is 0.208 e. The Bertz CT molecular complexity index is 2510. The van der Waals surface area contributed by atoms with Crippen LogP contribution in [0, 0.1) is 0 Å². The number of fused-ring (bicyclic) bond motifs is 3. The second-order valence-electron chi connectivity index (χ2n) is 12.1. The molecule has 0 aliphatic rings. The molecule has 3 nitrogen and oxygen atoms in total. The maximum absolute atomic E-state index is 5.14. The van der Waals surface area contributed by atoms with Gasteiger partial charge in [0.05, 0.1) is 0 Å². The van der Waals surface area contributed by atoms with Crippen LogP contribution in [-0.2, 0) is 0 Å². The molecule has 3 heteroatoms. The molecule has 48 heavy (non-hydrogen) atoms. The van der Waals surface area contributed by atoms with Gasteiger partial charge in [0.2, 0.25) is 0 Å². The van der Waals surface area contributed by atoms with Gasteiger partial charge in [-0.15, -0.1) is 0 Å². The van der Waals surface area contributed by atoms with E-state index in [4.69, 9.17) is 15.0 Å². The highest BCUT2D eigenvalue weighted by atomic mass is 15.0. The molecule has 9 rings (SSSR count). The smallest absolute Gasteiger partial charge is 0.164 e. The van der Waals surface area contributed by atoms with Crippen LogP contribution in [0.4, 0.5) is 0 Å². The molecule has 0 atom stereocenters. The van der Waals surface area contributed by atoms with Crippen molar-refractivity contribution >= 4 is 32.3 Å². The van der Waals surface area contributed by atoms with Gasteiger partial charge >= 0.3 is 0 Å². The maximum Gasteiger partial charge on any atom is 0.164 e. The molecule has 0 N–H and O–H groups in total. The predicted molar refractivity (Wildman–Crippen MR) is 200 cm³/mol. The van der Waals surface area contributed by atoms with Crippen LogP contribution in [0.2, 0.25) is 0 Å². The summed E-state index contributed by atoms with van der Waals surface area (Å²) >= 11 is 0. The molecule has 224 valence electrons. The van der Waals surface area contributed by atoms with Crippen molar-refractivity contribution in [3.8, 4) is 56.4 Å². The number of aromatic nitrogens is 3. The van der Waals surface area contributed by atoms with E-state index < -0.39 is 0 Å². The first-order valence-corrected chi connectivity index (χ1v) is 16.2. The summed E-state index contributed by atoms with van der Waals surface area (Å²) in [6, 6.07) is 61.8. The lowest BCUT2D eigenvalue weighted by atomic mass is 9.94. The van der Waals surface area contributed by atoms with Gasteiger partial charge in [-0.05, 0) is 78.8 Å². The maximum atomic E-state index is 5.14. The molecule has 0 saturated carbocycles. The third kappa shape index (κ3) is 5.18. The highest BCUT2D eigenvalue weighted by Gasteiger charge is 2.16. The van der Waals surface area contributed by atoms with E-state index in [1.54, 1.807) is 0 Å². The molecule has 1 aromatic heterocycles. The molecular weight excluding hydrogens is 583 g/mol. The SMILES string of the molecule is c1ccc(-c2ccc(-c3cc(-c4nc(-c5ccc6ccccc6c5)nc(-c5ccc6ccccc6c5)n4)cc4ccccc34)cc2)cc1. The van der Waals surface area contributed by atoms with Gasteiger partial charge in [0.15, 0.2) is 17.5 Å². The lowest BCUT2D eigenvalue weighted by Gasteiger charge is -2.13. The van der Waals surface area contributed by atoms with Crippen molar-refractivity contribution in [2.75, 3.05) is 0 Å². The number of rotatable bonds is 5. The van der Waals surface area contributed by atoms with Gasteiger partial charge in [0.25, 0.3) is 0 Å². The molecular formula is C45H29N3. The highest BCUT2D eigenvalue weighted by Crippen LogP contribution is 2.36. The Morgan fingerprint density at radius 2 is 0.667 bits per heavy atom. The van der Waals surface area contributed by atoms with E-state index in [0.29, 0.717) is 17.5 Å². The standard InChI is InChI=1S/C45H29N3/c1-2-10-30(11-3-1)33-18-22-34(23-19-33)42-29-40(28-37-16-8-9-17-41(37)42)45-47-43(38-24-20-31-12-4-6-14-35(31)26-38)46-44(48-45)39-25-21-32-13-5-7-15-36(32)27-39/h1-29H. The molecule has 0 amide bonds. The van der Waals surface area contributed by atoms with Crippen molar-refractivity contribution in [1.82, 2.24) is 15.0 Å². The molecule has 0 saturated heterocycles. The summed E-state index contributed by atoms with van der Waals surface area (Å²) < 4.78 is 0. The molecule has 0 fully saturated rings. The van der Waals surface area contributed by atoms with Crippen molar-refractivity contribution in [3.05, 3.63) is 176 Å². The normalized spacial score (nSPS) is 11.3. The zero-order chi connectivity index (χ0) is 31.9. The minimum atomic E-state index is 0.643. The first kappa shape index (κ1) is 27.8. The molecule has 0 aliphatic carbocycles. The minimum absolute atomic E-state index is 0.643. The summed E-state index contributed by atoms with van der Waals surface area (Å²) in [5, 5.41) is 6.99. The Morgan fingerprint density at radius 1 is 0.250 bits per heavy atom. The lowest BCUT2D eigenvalue weighted by molar-refractivity contribution is 1.08. The number of benzene rings is 8. The molecule has 0 spiro atoms. The molecule has 1 heterocycles. The van der Waals surface area contributed by atoms with Gasteiger partial charge < -0.3 is 0 Å². The fourth-order valence-corrected chi connectivity index (χ4v) is 6.57. The first-order chi connectivity index (χ1) is 23.7. The highest BCUT2D eigenvalue weighted by molar-refractivity contribution is 6.00. The van der Waals surface area contributed by atoms with Gasteiger partial charge in [-0.25, -0.2) is 15.0 Å². The Balaban J connectivity index is 1.23. The van der Waals surface area contributed by atoms with Crippen molar-refractivity contribution in [3.63, 3.8) is 0 Å². The topological polar surface area (TPSA) is 38.7 Å². The Morgan fingerprint density at radius 3 is 1.27 bits per heavy atom. The van der Waals surface area contributed by atoms with E-state index in [9.17, 15) is 0 Å². The van der Waals surface area contributed by atoms with Crippen LogP contribution in [0.3, 0.4) is 0 Å². The monoisotopic (exact) mass is 611 g/mol. The Kier molecular flexibility index (Phi) is 6.80. The Labute approximate surface area is 278 Å². The second-order valence-corrected chi connectivity index (χ2v) is 12.1. The molecule has 0 bridgehead atoms. The van der Waals surface area contributed by atoms with Crippen LogP contribution in [0.1, 0.15) is 0 Å². The van der Waals surface area contributed by atoms with E-state index in [-0.39, 0.29) is 0 Å². The zero-order valence-corrected chi connectivity index (χ0v) is 26.1. The summed E-state index contributed by atoms with van der Waals surface area (Å²) in [5.74, 6) is 1.94. The minimum Gasteiger partial charge on any atom is -0.208 e. The van der Waals surface area contributed by atoms with Crippen LogP contribution in [0.5, 0.6) is 0 Å². The zero-order valence-electron chi connectivity index (χ0n) is 26.1. The second kappa shape index (κ2) is 11.7. The van der Waals surface area contributed by atoms with E-state index in [2.05, 4.69) is 170 Å². The number of hydrogen-bond acceptors (Lipinski definition) is 3. The summed E-state index contributed by atoms with van der Waals surface area (Å²) in [6.45, 7) is 0. The third-order valence-corrected chi connectivity index (χ3v) is 9.07. The molecule has 0 unspecified atom stereocenters. The fraction of sp³-hybridized carbons (Fsp3) is 0. The van der Waals surface area contributed by atoms with Crippen molar-refractivity contribution in [2.45, 2.75) is 0 Å². The van der Waals surface area contributed by atoms with Crippen LogP contribution >= 0.6 is 0 Å². The van der Waals surface area contributed by atoms with Crippen molar-refractivity contribution in [2.24, 2.45) is 0 Å². The lowest BCUT2D eigenvalue weighted by Crippen LogP contribution is -2.00. The van der Waals surface area contributed by atoms with E-state index in [0.717, 1.165) is 44.0 Å².